The van der Waals surface area contributed by atoms with Crippen molar-refractivity contribution in [1.29, 1.82) is 5.26 Å². The predicted molar refractivity (Wildman–Crippen MR) is 79.0 cm³/mol. The Kier molecular flexibility index (Phi) is 4.75. The number of carbonyl (C=O) groups is 1. The molecule has 0 unspecified atom stereocenters. The van der Waals surface area contributed by atoms with Gasteiger partial charge in [0.2, 0.25) is 0 Å². The first-order valence-electron chi connectivity index (χ1n) is 6.84. The third kappa shape index (κ3) is 2.96. The molecule has 1 N–H and O–H groups in total. The van der Waals surface area contributed by atoms with Crippen LogP contribution in [0.3, 0.4) is 0 Å². The van der Waals surface area contributed by atoms with Crippen molar-refractivity contribution < 1.29 is 9.63 Å². The summed E-state index contributed by atoms with van der Waals surface area (Å²) in [5, 5.41) is 9.20. The Morgan fingerprint density at radius 2 is 2.10 bits per heavy atom. The zero-order valence-electron chi connectivity index (χ0n) is 12.1. The number of para-hydroxylation sites is 1. The lowest BCUT2D eigenvalue weighted by Gasteiger charge is -2.13. The van der Waals surface area contributed by atoms with Crippen LogP contribution in [-0.4, -0.2) is 17.1 Å². The standard InChI is InChI=1S/C16H17N3O2/c1-3-12-7-5-6-8-14(12)19-10-9-13(11-17)15(19)16(20)18-21-4-2/h5-10H,3-4H2,1-2H3,(H,18,20). The third-order valence-electron chi connectivity index (χ3n) is 3.16. The van der Waals surface area contributed by atoms with Crippen molar-refractivity contribution in [2.45, 2.75) is 20.3 Å². The van der Waals surface area contributed by atoms with Crippen LogP contribution in [0.15, 0.2) is 36.5 Å². The van der Waals surface area contributed by atoms with Crippen molar-refractivity contribution in [3.8, 4) is 11.8 Å². The van der Waals surface area contributed by atoms with E-state index in [-0.39, 0.29) is 5.69 Å². The molecule has 108 valence electrons. The van der Waals surface area contributed by atoms with Gasteiger partial charge in [0.25, 0.3) is 5.91 Å². The number of carbonyl (C=O) groups excluding carboxylic acids is 1. The van der Waals surface area contributed by atoms with Crippen molar-refractivity contribution >= 4 is 5.91 Å². The molecule has 0 spiro atoms. The van der Waals surface area contributed by atoms with E-state index in [1.165, 1.54) is 0 Å². The van der Waals surface area contributed by atoms with Gasteiger partial charge in [0.15, 0.2) is 0 Å². The van der Waals surface area contributed by atoms with E-state index >= 15 is 0 Å². The topological polar surface area (TPSA) is 67.0 Å². The van der Waals surface area contributed by atoms with E-state index < -0.39 is 5.91 Å². The second-order valence-corrected chi connectivity index (χ2v) is 4.41. The van der Waals surface area contributed by atoms with Gasteiger partial charge in [-0.05, 0) is 31.0 Å². The molecule has 0 aliphatic carbocycles. The van der Waals surface area contributed by atoms with E-state index in [9.17, 15) is 10.1 Å². The number of hydroxylamine groups is 1. The van der Waals surface area contributed by atoms with Crippen LogP contribution in [0, 0.1) is 11.3 Å². The summed E-state index contributed by atoms with van der Waals surface area (Å²) in [7, 11) is 0. The molecule has 1 aromatic heterocycles. The first kappa shape index (κ1) is 14.8. The highest BCUT2D eigenvalue weighted by Crippen LogP contribution is 2.21. The molecule has 0 radical (unpaired) electrons. The molecule has 0 aliphatic rings. The van der Waals surface area contributed by atoms with Gasteiger partial charge in [-0.25, -0.2) is 5.48 Å². The fraction of sp³-hybridized carbons (Fsp3) is 0.250. The molecule has 0 fully saturated rings. The number of nitrogens with zero attached hydrogens (tertiary/aromatic N) is 2. The largest absolute Gasteiger partial charge is 0.311 e. The number of nitriles is 1. The van der Waals surface area contributed by atoms with Crippen LogP contribution >= 0.6 is 0 Å². The Morgan fingerprint density at radius 1 is 1.33 bits per heavy atom. The van der Waals surface area contributed by atoms with Crippen LogP contribution in [0.4, 0.5) is 0 Å². The van der Waals surface area contributed by atoms with E-state index in [1.807, 2.05) is 37.3 Å². The maximum atomic E-state index is 12.2. The summed E-state index contributed by atoms with van der Waals surface area (Å²) < 4.78 is 1.73. The zero-order valence-corrected chi connectivity index (χ0v) is 12.1. The Balaban J connectivity index is 2.52. The average Bonchev–Trinajstić information content (AvgIpc) is 2.96. The number of hydrogen-bond acceptors (Lipinski definition) is 3. The quantitative estimate of drug-likeness (QED) is 0.858. The summed E-state index contributed by atoms with van der Waals surface area (Å²) in [5.74, 6) is -0.427. The fourth-order valence-corrected chi connectivity index (χ4v) is 2.19. The SMILES string of the molecule is CCONC(=O)c1c(C#N)ccn1-c1ccccc1CC. The van der Waals surface area contributed by atoms with Crippen LogP contribution in [-0.2, 0) is 11.3 Å². The smallest absolute Gasteiger partial charge is 0.293 e. The Hall–Kier alpha value is -2.58. The van der Waals surface area contributed by atoms with Crippen molar-refractivity contribution in [2.75, 3.05) is 6.61 Å². The lowest BCUT2D eigenvalue weighted by molar-refractivity contribution is 0.0358. The van der Waals surface area contributed by atoms with Gasteiger partial charge < -0.3 is 4.57 Å². The van der Waals surface area contributed by atoms with E-state index in [1.54, 1.807) is 23.8 Å². The Bertz CT molecular complexity index is 683. The minimum atomic E-state index is -0.427. The number of benzene rings is 1. The molecule has 1 amide bonds. The monoisotopic (exact) mass is 283 g/mol. The van der Waals surface area contributed by atoms with Crippen molar-refractivity contribution in [3.05, 3.63) is 53.3 Å². The molecule has 5 heteroatoms. The van der Waals surface area contributed by atoms with Gasteiger partial charge in [0, 0.05) is 11.9 Å². The van der Waals surface area contributed by atoms with Gasteiger partial charge >= 0.3 is 0 Å². The molecule has 21 heavy (non-hydrogen) atoms. The second kappa shape index (κ2) is 6.73. The molecule has 5 nitrogen and oxygen atoms in total. The van der Waals surface area contributed by atoms with Crippen LogP contribution in [0.2, 0.25) is 0 Å². The number of hydrogen-bond donors (Lipinski definition) is 1. The van der Waals surface area contributed by atoms with Crippen molar-refractivity contribution in [2.24, 2.45) is 0 Å². The van der Waals surface area contributed by atoms with Gasteiger partial charge in [0.1, 0.15) is 11.8 Å². The highest BCUT2D eigenvalue weighted by atomic mass is 16.6. The first-order chi connectivity index (χ1) is 10.2. The molecule has 1 aromatic carbocycles. The molecule has 2 rings (SSSR count). The normalized spacial score (nSPS) is 10.1. The number of aromatic nitrogens is 1. The summed E-state index contributed by atoms with van der Waals surface area (Å²) >= 11 is 0. The molecule has 0 saturated heterocycles. The van der Waals surface area contributed by atoms with Gasteiger partial charge in [-0.2, -0.15) is 5.26 Å². The fourth-order valence-electron chi connectivity index (χ4n) is 2.19. The predicted octanol–water partition coefficient (Wildman–Crippen LogP) is 2.59. The molecule has 2 aromatic rings. The van der Waals surface area contributed by atoms with E-state index in [2.05, 4.69) is 5.48 Å². The van der Waals surface area contributed by atoms with Gasteiger partial charge in [0.05, 0.1) is 12.2 Å². The summed E-state index contributed by atoms with van der Waals surface area (Å²) in [4.78, 5) is 17.2. The molecule has 0 saturated carbocycles. The molecule has 0 atom stereocenters. The van der Waals surface area contributed by atoms with Crippen LogP contribution in [0.25, 0.3) is 5.69 Å². The van der Waals surface area contributed by atoms with Crippen LogP contribution in [0.5, 0.6) is 0 Å². The summed E-state index contributed by atoms with van der Waals surface area (Å²) in [5.41, 5.74) is 4.94. The number of aryl methyl sites for hydroxylation is 1. The average molecular weight is 283 g/mol. The number of amides is 1. The number of nitrogens with one attached hydrogen (secondary N) is 1. The Labute approximate surface area is 123 Å². The summed E-state index contributed by atoms with van der Waals surface area (Å²) in [6, 6.07) is 11.5. The van der Waals surface area contributed by atoms with Crippen molar-refractivity contribution in [1.82, 2.24) is 10.0 Å². The van der Waals surface area contributed by atoms with E-state index in [0.29, 0.717) is 12.2 Å². The Morgan fingerprint density at radius 3 is 2.76 bits per heavy atom. The zero-order chi connectivity index (χ0) is 15.2. The summed E-state index contributed by atoms with van der Waals surface area (Å²) in [6.07, 6.45) is 2.57. The van der Waals surface area contributed by atoms with E-state index in [4.69, 9.17) is 4.84 Å². The van der Waals surface area contributed by atoms with Crippen molar-refractivity contribution in [3.63, 3.8) is 0 Å². The first-order valence-corrected chi connectivity index (χ1v) is 6.84. The number of rotatable bonds is 5. The van der Waals surface area contributed by atoms with Crippen LogP contribution in [0.1, 0.15) is 35.5 Å². The minimum absolute atomic E-state index is 0.284. The van der Waals surface area contributed by atoms with E-state index in [0.717, 1.165) is 17.7 Å². The molecular weight excluding hydrogens is 266 g/mol. The maximum absolute atomic E-state index is 12.2. The van der Waals surface area contributed by atoms with Crippen LogP contribution < -0.4 is 5.48 Å². The summed E-state index contributed by atoms with van der Waals surface area (Å²) in [6.45, 7) is 4.18. The highest BCUT2D eigenvalue weighted by molar-refractivity contribution is 5.95. The van der Waals surface area contributed by atoms with Gasteiger partial charge in [-0.1, -0.05) is 25.1 Å². The third-order valence-corrected chi connectivity index (χ3v) is 3.16. The minimum Gasteiger partial charge on any atom is -0.311 e. The molecule has 0 bridgehead atoms. The lowest BCUT2D eigenvalue weighted by Crippen LogP contribution is -2.26. The highest BCUT2D eigenvalue weighted by Gasteiger charge is 2.19. The van der Waals surface area contributed by atoms with Gasteiger partial charge in [-0.15, -0.1) is 0 Å². The van der Waals surface area contributed by atoms with Gasteiger partial charge in [-0.3, -0.25) is 9.63 Å². The molecule has 0 aliphatic heterocycles. The lowest BCUT2D eigenvalue weighted by atomic mass is 10.1. The molecular formula is C16H17N3O2. The second-order valence-electron chi connectivity index (χ2n) is 4.41. The molecule has 1 heterocycles. The maximum Gasteiger partial charge on any atom is 0.293 e.